The van der Waals surface area contributed by atoms with E-state index in [1.54, 1.807) is 6.20 Å². The fourth-order valence-corrected chi connectivity index (χ4v) is 1.18. The fourth-order valence-electron chi connectivity index (χ4n) is 0.991. The van der Waals surface area contributed by atoms with Crippen LogP contribution in [-0.2, 0) is 0 Å². The van der Waals surface area contributed by atoms with E-state index in [1.165, 1.54) is 0 Å². The molecule has 0 radical (unpaired) electrons. The van der Waals surface area contributed by atoms with Crippen LogP contribution < -0.4 is 5.32 Å². The minimum atomic E-state index is 0.727. The van der Waals surface area contributed by atoms with Gasteiger partial charge in [-0.05, 0) is 25.8 Å². The van der Waals surface area contributed by atoms with Crippen molar-refractivity contribution in [3.63, 3.8) is 0 Å². The van der Waals surface area contributed by atoms with E-state index in [4.69, 9.17) is 11.6 Å². The van der Waals surface area contributed by atoms with E-state index in [2.05, 4.69) is 15.3 Å². The van der Waals surface area contributed by atoms with Gasteiger partial charge in [0.05, 0.1) is 0 Å². The summed E-state index contributed by atoms with van der Waals surface area (Å²) in [5.41, 5.74) is 0. The SMILES string of the molecule is Cc1nccc(NCCCCCl)n1. The number of hydrogen-bond acceptors (Lipinski definition) is 3. The van der Waals surface area contributed by atoms with E-state index in [0.717, 1.165) is 36.9 Å². The molecule has 0 unspecified atom stereocenters. The number of aromatic nitrogens is 2. The first-order valence-electron chi connectivity index (χ1n) is 4.42. The standard InChI is InChI=1S/C9H14ClN3/c1-8-11-7-4-9(13-8)12-6-3-2-5-10/h4,7H,2-3,5-6H2,1H3,(H,11,12,13). The molecule has 0 spiro atoms. The van der Waals surface area contributed by atoms with E-state index < -0.39 is 0 Å². The van der Waals surface area contributed by atoms with Gasteiger partial charge in [0.1, 0.15) is 11.6 Å². The summed E-state index contributed by atoms with van der Waals surface area (Å²) < 4.78 is 0. The predicted octanol–water partition coefficient (Wildman–Crippen LogP) is 2.22. The topological polar surface area (TPSA) is 37.8 Å². The maximum Gasteiger partial charge on any atom is 0.129 e. The maximum atomic E-state index is 5.56. The maximum absolute atomic E-state index is 5.56. The van der Waals surface area contributed by atoms with Crippen LogP contribution in [-0.4, -0.2) is 22.4 Å². The minimum Gasteiger partial charge on any atom is -0.370 e. The first-order valence-corrected chi connectivity index (χ1v) is 4.96. The lowest BCUT2D eigenvalue weighted by atomic mass is 10.3. The van der Waals surface area contributed by atoms with Crippen LogP contribution in [0.3, 0.4) is 0 Å². The number of alkyl halides is 1. The average molecular weight is 200 g/mol. The quantitative estimate of drug-likeness (QED) is 0.584. The first-order chi connectivity index (χ1) is 6.33. The summed E-state index contributed by atoms with van der Waals surface area (Å²) in [4.78, 5) is 8.23. The molecule has 0 bridgehead atoms. The summed E-state index contributed by atoms with van der Waals surface area (Å²) in [5, 5.41) is 3.21. The van der Waals surface area contributed by atoms with Gasteiger partial charge in [-0.3, -0.25) is 0 Å². The molecule has 0 aromatic carbocycles. The molecule has 1 aromatic heterocycles. The van der Waals surface area contributed by atoms with Crippen LogP contribution in [0.1, 0.15) is 18.7 Å². The second-order valence-corrected chi connectivity index (χ2v) is 3.19. The highest BCUT2D eigenvalue weighted by Gasteiger charge is 1.93. The third-order valence-corrected chi connectivity index (χ3v) is 1.91. The van der Waals surface area contributed by atoms with E-state index in [9.17, 15) is 0 Å². The Hall–Kier alpha value is -0.830. The lowest BCUT2D eigenvalue weighted by Crippen LogP contribution is -2.04. The Morgan fingerprint density at radius 1 is 1.46 bits per heavy atom. The van der Waals surface area contributed by atoms with Gasteiger partial charge in [0.25, 0.3) is 0 Å². The summed E-state index contributed by atoms with van der Waals surface area (Å²) >= 11 is 5.56. The van der Waals surface area contributed by atoms with E-state index in [-0.39, 0.29) is 0 Å². The molecule has 1 heterocycles. The van der Waals surface area contributed by atoms with Crippen molar-refractivity contribution in [1.82, 2.24) is 9.97 Å². The summed E-state index contributed by atoms with van der Waals surface area (Å²) in [5.74, 6) is 2.41. The number of halogens is 1. The third kappa shape index (κ3) is 4.08. The van der Waals surface area contributed by atoms with Crippen molar-refractivity contribution in [2.45, 2.75) is 19.8 Å². The molecular formula is C9H14ClN3. The Morgan fingerprint density at radius 3 is 3.00 bits per heavy atom. The highest BCUT2D eigenvalue weighted by molar-refractivity contribution is 6.17. The first kappa shape index (κ1) is 10.3. The highest BCUT2D eigenvalue weighted by Crippen LogP contribution is 2.01. The largest absolute Gasteiger partial charge is 0.370 e. The number of anilines is 1. The lowest BCUT2D eigenvalue weighted by molar-refractivity contribution is 0.834. The molecule has 0 fully saturated rings. The normalized spacial score (nSPS) is 10.0. The van der Waals surface area contributed by atoms with Crippen LogP contribution in [0, 0.1) is 6.92 Å². The summed E-state index contributed by atoms with van der Waals surface area (Å²) in [6, 6.07) is 1.87. The predicted molar refractivity (Wildman–Crippen MR) is 55.2 cm³/mol. The van der Waals surface area contributed by atoms with Gasteiger partial charge in [-0.2, -0.15) is 0 Å². The van der Waals surface area contributed by atoms with Gasteiger partial charge in [0.2, 0.25) is 0 Å². The summed E-state index contributed by atoms with van der Waals surface area (Å²) in [6.45, 7) is 2.80. The molecule has 1 N–H and O–H groups in total. The van der Waals surface area contributed by atoms with Gasteiger partial charge in [-0.1, -0.05) is 0 Å². The Labute approximate surface area is 83.5 Å². The van der Waals surface area contributed by atoms with Crippen molar-refractivity contribution in [3.05, 3.63) is 18.1 Å². The number of unbranched alkanes of at least 4 members (excludes halogenated alkanes) is 1. The van der Waals surface area contributed by atoms with Crippen molar-refractivity contribution < 1.29 is 0 Å². The van der Waals surface area contributed by atoms with Gasteiger partial charge in [0, 0.05) is 18.6 Å². The van der Waals surface area contributed by atoms with E-state index in [0.29, 0.717) is 0 Å². The van der Waals surface area contributed by atoms with Crippen LogP contribution in [0.4, 0.5) is 5.82 Å². The number of aryl methyl sites for hydroxylation is 1. The number of hydrogen-bond donors (Lipinski definition) is 1. The number of nitrogens with one attached hydrogen (secondary N) is 1. The second-order valence-electron chi connectivity index (χ2n) is 2.81. The van der Waals surface area contributed by atoms with Crippen LogP contribution in [0.15, 0.2) is 12.3 Å². The Morgan fingerprint density at radius 2 is 2.31 bits per heavy atom. The average Bonchev–Trinajstić information content (AvgIpc) is 2.13. The molecule has 1 rings (SSSR count). The van der Waals surface area contributed by atoms with Gasteiger partial charge >= 0.3 is 0 Å². The Kier molecular flexibility index (Phi) is 4.54. The van der Waals surface area contributed by atoms with Crippen molar-refractivity contribution in [2.75, 3.05) is 17.7 Å². The van der Waals surface area contributed by atoms with Crippen molar-refractivity contribution in [2.24, 2.45) is 0 Å². The molecule has 13 heavy (non-hydrogen) atoms. The molecule has 0 amide bonds. The van der Waals surface area contributed by atoms with E-state index >= 15 is 0 Å². The molecule has 0 aliphatic carbocycles. The molecule has 0 aliphatic rings. The van der Waals surface area contributed by atoms with Gasteiger partial charge in [-0.15, -0.1) is 11.6 Å². The zero-order valence-corrected chi connectivity index (χ0v) is 8.51. The van der Waals surface area contributed by atoms with Crippen molar-refractivity contribution >= 4 is 17.4 Å². The smallest absolute Gasteiger partial charge is 0.129 e. The zero-order valence-electron chi connectivity index (χ0n) is 7.76. The molecule has 4 heteroatoms. The lowest BCUT2D eigenvalue weighted by Gasteiger charge is -2.04. The number of nitrogens with zero attached hydrogens (tertiary/aromatic N) is 2. The molecule has 0 aliphatic heterocycles. The molecule has 0 atom stereocenters. The van der Waals surface area contributed by atoms with Crippen molar-refractivity contribution in [3.8, 4) is 0 Å². The van der Waals surface area contributed by atoms with Crippen LogP contribution in [0.5, 0.6) is 0 Å². The van der Waals surface area contributed by atoms with Crippen LogP contribution >= 0.6 is 11.6 Å². The zero-order chi connectivity index (χ0) is 9.52. The molecule has 1 aromatic rings. The van der Waals surface area contributed by atoms with Gasteiger partial charge in [-0.25, -0.2) is 9.97 Å². The molecule has 3 nitrogen and oxygen atoms in total. The van der Waals surface area contributed by atoms with Crippen LogP contribution in [0.25, 0.3) is 0 Å². The molecular weight excluding hydrogens is 186 g/mol. The highest BCUT2D eigenvalue weighted by atomic mass is 35.5. The van der Waals surface area contributed by atoms with E-state index in [1.807, 2.05) is 13.0 Å². The summed E-state index contributed by atoms with van der Waals surface area (Å²) in [6.07, 6.45) is 3.87. The van der Waals surface area contributed by atoms with Crippen LogP contribution in [0.2, 0.25) is 0 Å². The monoisotopic (exact) mass is 199 g/mol. The second kappa shape index (κ2) is 5.75. The molecule has 72 valence electrons. The van der Waals surface area contributed by atoms with Gasteiger partial charge in [0.15, 0.2) is 0 Å². The third-order valence-electron chi connectivity index (χ3n) is 1.64. The Bertz CT molecular complexity index is 252. The summed E-state index contributed by atoms with van der Waals surface area (Å²) in [7, 11) is 0. The number of rotatable bonds is 5. The molecule has 0 saturated heterocycles. The molecule has 0 saturated carbocycles. The Balaban J connectivity index is 2.28. The fraction of sp³-hybridized carbons (Fsp3) is 0.556. The van der Waals surface area contributed by atoms with Crippen molar-refractivity contribution in [1.29, 1.82) is 0 Å². The minimum absolute atomic E-state index is 0.727. The van der Waals surface area contributed by atoms with Gasteiger partial charge < -0.3 is 5.32 Å².